The number of nitrogens with zero attached hydrogens (tertiary/aromatic N) is 2. The zero-order chi connectivity index (χ0) is 20.4. The van der Waals surface area contributed by atoms with E-state index in [4.69, 9.17) is 21.3 Å². The number of imidazole rings is 1. The number of carbonyl (C=O) groups excluding carboxylic acids is 1. The number of carbonyl (C=O) groups is 1. The number of anilines is 1. The Morgan fingerprint density at radius 2 is 2.03 bits per heavy atom. The summed E-state index contributed by atoms with van der Waals surface area (Å²) in [6.45, 7) is 2.14. The van der Waals surface area contributed by atoms with E-state index < -0.39 is 0 Å². The highest BCUT2D eigenvalue weighted by Crippen LogP contribution is 2.28. The number of aromatic nitrogens is 2. The minimum Gasteiger partial charge on any atom is -0.495 e. The molecule has 0 spiro atoms. The van der Waals surface area contributed by atoms with Crippen molar-refractivity contribution in [1.29, 1.82) is 0 Å². The number of amides is 1. The zero-order valence-electron chi connectivity index (χ0n) is 16.1. The van der Waals surface area contributed by atoms with Crippen molar-refractivity contribution in [3.63, 3.8) is 0 Å². The summed E-state index contributed by atoms with van der Waals surface area (Å²) in [7, 11) is 1.56. The van der Waals surface area contributed by atoms with Crippen molar-refractivity contribution in [2.45, 2.75) is 19.8 Å². The first-order valence-electron chi connectivity index (χ1n) is 9.25. The van der Waals surface area contributed by atoms with Gasteiger partial charge >= 0.3 is 0 Å². The Balaban J connectivity index is 1.54. The van der Waals surface area contributed by atoms with E-state index in [0.29, 0.717) is 16.5 Å². The van der Waals surface area contributed by atoms with Crippen LogP contribution in [0.3, 0.4) is 0 Å². The Kier molecular flexibility index (Phi) is 5.56. The van der Waals surface area contributed by atoms with Crippen molar-refractivity contribution >= 4 is 39.5 Å². The fraction of sp³-hybridized carbons (Fsp3) is 0.182. The lowest BCUT2D eigenvalue weighted by molar-refractivity contribution is -0.115. The van der Waals surface area contributed by atoms with Crippen molar-refractivity contribution in [3.8, 4) is 17.0 Å². The lowest BCUT2D eigenvalue weighted by atomic mass is 10.1. The average Bonchev–Trinajstić information content (AvgIpc) is 3.30. The van der Waals surface area contributed by atoms with Gasteiger partial charge in [-0.15, -0.1) is 11.3 Å². The SMILES string of the molecule is CCc1ccc(-c2cn3c(CC(=O)Nc4cc(Cl)ccc4OC)csc3n2)cc1. The summed E-state index contributed by atoms with van der Waals surface area (Å²) in [5, 5.41) is 5.37. The molecule has 0 bridgehead atoms. The highest BCUT2D eigenvalue weighted by molar-refractivity contribution is 7.15. The Morgan fingerprint density at radius 1 is 1.24 bits per heavy atom. The predicted molar refractivity (Wildman–Crippen MR) is 118 cm³/mol. The molecular weight excluding hydrogens is 406 g/mol. The van der Waals surface area contributed by atoms with Crippen LogP contribution < -0.4 is 10.1 Å². The second kappa shape index (κ2) is 8.27. The van der Waals surface area contributed by atoms with Crippen LogP contribution in [0.25, 0.3) is 16.2 Å². The summed E-state index contributed by atoms with van der Waals surface area (Å²) in [6.07, 6.45) is 3.21. The van der Waals surface area contributed by atoms with Gasteiger partial charge in [0.15, 0.2) is 4.96 Å². The maximum absolute atomic E-state index is 12.6. The predicted octanol–water partition coefficient (Wildman–Crippen LogP) is 5.47. The number of thiazole rings is 1. The quantitative estimate of drug-likeness (QED) is 0.445. The molecule has 2 aromatic heterocycles. The Bertz CT molecular complexity index is 1160. The van der Waals surface area contributed by atoms with Crippen molar-refractivity contribution in [2.24, 2.45) is 0 Å². The number of rotatable bonds is 6. The number of hydrogen-bond donors (Lipinski definition) is 1. The molecule has 0 radical (unpaired) electrons. The molecule has 0 fully saturated rings. The number of halogens is 1. The van der Waals surface area contributed by atoms with Gasteiger partial charge in [0.2, 0.25) is 5.91 Å². The topological polar surface area (TPSA) is 55.6 Å². The maximum Gasteiger partial charge on any atom is 0.230 e. The van der Waals surface area contributed by atoms with Crippen molar-refractivity contribution in [2.75, 3.05) is 12.4 Å². The summed E-state index contributed by atoms with van der Waals surface area (Å²) in [5.74, 6) is 0.423. The molecule has 148 valence electrons. The van der Waals surface area contributed by atoms with Crippen molar-refractivity contribution in [3.05, 3.63) is 70.3 Å². The zero-order valence-corrected chi connectivity index (χ0v) is 17.7. The van der Waals surface area contributed by atoms with Crippen LogP contribution in [0.4, 0.5) is 5.69 Å². The van der Waals surface area contributed by atoms with Crippen LogP contribution in [-0.4, -0.2) is 22.4 Å². The molecule has 5 nitrogen and oxygen atoms in total. The van der Waals surface area contributed by atoms with Gasteiger partial charge in [0.05, 0.1) is 24.9 Å². The fourth-order valence-corrected chi connectivity index (χ4v) is 4.19. The van der Waals surface area contributed by atoms with Crippen LogP contribution in [-0.2, 0) is 17.6 Å². The van der Waals surface area contributed by atoms with Gasteiger partial charge in [-0.3, -0.25) is 9.20 Å². The minimum atomic E-state index is -0.146. The number of fused-ring (bicyclic) bond motifs is 1. The molecule has 2 heterocycles. The van der Waals surface area contributed by atoms with Gasteiger partial charge in [0.1, 0.15) is 5.75 Å². The standard InChI is InChI=1S/C22H20ClN3O2S/c1-3-14-4-6-15(7-5-14)19-12-26-17(13-29-22(26)25-19)11-21(27)24-18-10-16(23)8-9-20(18)28-2/h4-10,12-13H,3,11H2,1-2H3,(H,24,27). The van der Waals surface area contributed by atoms with Gasteiger partial charge in [0.25, 0.3) is 0 Å². The molecule has 1 N–H and O–H groups in total. The maximum atomic E-state index is 12.6. The van der Waals surface area contributed by atoms with E-state index in [9.17, 15) is 4.79 Å². The van der Waals surface area contributed by atoms with Gasteiger partial charge < -0.3 is 10.1 Å². The van der Waals surface area contributed by atoms with Gasteiger partial charge in [-0.05, 0) is 30.2 Å². The third-order valence-corrected chi connectivity index (χ3v) is 5.84. The molecule has 0 aliphatic carbocycles. The van der Waals surface area contributed by atoms with E-state index in [1.165, 1.54) is 16.9 Å². The molecule has 0 unspecified atom stereocenters. The van der Waals surface area contributed by atoms with E-state index in [-0.39, 0.29) is 12.3 Å². The first-order valence-corrected chi connectivity index (χ1v) is 10.5. The van der Waals surface area contributed by atoms with E-state index in [2.05, 4.69) is 36.5 Å². The number of ether oxygens (including phenoxy) is 1. The van der Waals surface area contributed by atoms with Crippen LogP contribution >= 0.6 is 22.9 Å². The van der Waals surface area contributed by atoms with Gasteiger partial charge in [-0.1, -0.05) is 42.8 Å². The fourth-order valence-electron chi connectivity index (χ4n) is 3.14. The third kappa shape index (κ3) is 4.13. The van der Waals surface area contributed by atoms with Gasteiger partial charge in [0, 0.05) is 27.9 Å². The van der Waals surface area contributed by atoms with Crippen molar-refractivity contribution < 1.29 is 9.53 Å². The number of benzene rings is 2. The molecule has 29 heavy (non-hydrogen) atoms. The molecule has 0 aliphatic heterocycles. The molecule has 0 saturated carbocycles. The summed E-state index contributed by atoms with van der Waals surface area (Å²) < 4.78 is 7.26. The molecule has 4 aromatic rings. The molecule has 1 amide bonds. The van der Waals surface area contributed by atoms with E-state index in [1.54, 1.807) is 25.3 Å². The van der Waals surface area contributed by atoms with Gasteiger partial charge in [-0.2, -0.15) is 0 Å². The first kappa shape index (κ1) is 19.5. The van der Waals surface area contributed by atoms with Crippen LogP contribution in [0.1, 0.15) is 18.2 Å². The summed E-state index contributed by atoms with van der Waals surface area (Å²) >= 11 is 7.56. The average molecular weight is 426 g/mol. The molecule has 0 aliphatic rings. The first-order chi connectivity index (χ1) is 14.1. The van der Waals surface area contributed by atoms with Crippen LogP contribution in [0, 0.1) is 0 Å². The number of aryl methyl sites for hydroxylation is 1. The summed E-state index contributed by atoms with van der Waals surface area (Å²) in [6, 6.07) is 13.5. The molecule has 0 atom stereocenters. The van der Waals surface area contributed by atoms with E-state index in [1.807, 2.05) is 16.0 Å². The summed E-state index contributed by atoms with van der Waals surface area (Å²) in [5.41, 5.74) is 4.70. The molecular formula is C22H20ClN3O2S. The van der Waals surface area contributed by atoms with Crippen molar-refractivity contribution in [1.82, 2.24) is 9.38 Å². The Hall–Kier alpha value is -2.83. The smallest absolute Gasteiger partial charge is 0.230 e. The second-order valence-electron chi connectivity index (χ2n) is 6.63. The third-order valence-electron chi connectivity index (χ3n) is 4.72. The van der Waals surface area contributed by atoms with Crippen LogP contribution in [0.15, 0.2) is 54.0 Å². The number of methoxy groups -OCH3 is 1. The van der Waals surface area contributed by atoms with Crippen LogP contribution in [0.2, 0.25) is 5.02 Å². The largest absolute Gasteiger partial charge is 0.495 e. The number of hydrogen-bond acceptors (Lipinski definition) is 4. The highest BCUT2D eigenvalue weighted by atomic mass is 35.5. The normalized spacial score (nSPS) is 11.0. The lowest BCUT2D eigenvalue weighted by Gasteiger charge is -2.10. The Labute approximate surface area is 177 Å². The molecule has 0 saturated heterocycles. The second-order valence-corrected chi connectivity index (χ2v) is 7.90. The summed E-state index contributed by atoms with van der Waals surface area (Å²) in [4.78, 5) is 18.2. The lowest BCUT2D eigenvalue weighted by Crippen LogP contribution is -2.15. The van der Waals surface area contributed by atoms with Crippen LogP contribution in [0.5, 0.6) is 5.75 Å². The monoisotopic (exact) mass is 425 g/mol. The van der Waals surface area contributed by atoms with Gasteiger partial charge in [-0.25, -0.2) is 4.98 Å². The molecule has 4 rings (SSSR count). The Morgan fingerprint density at radius 3 is 2.76 bits per heavy atom. The number of nitrogens with one attached hydrogen (secondary N) is 1. The molecule has 7 heteroatoms. The van der Waals surface area contributed by atoms with E-state index in [0.717, 1.165) is 28.3 Å². The highest BCUT2D eigenvalue weighted by Gasteiger charge is 2.14. The molecule has 2 aromatic carbocycles. The van der Waals surface area contributed by atoms with E-state index >= 15 is 0 Å². The minimum absolute atomic E-state index is 0.146.